The summed E-state index contributed by atoms with van der Waals surface area (Å²) in [5.74, 6) is 1.89. The van der Waals surface area contributed by atoms with Gasteiger partial charge in [0.05, 0.1) is 25.7 Å². The molecule has 2 aromatic carbocycles. The van der Waals surface area contributed by atoms with Gasteiger partial charge in [-0.1, -0.05) is 22.8 Å². The van der Waals surface area contributed by atoms with E-state index in [1.54, 1.807) is 37.3 Å². The number of aromatic nitrogens is 2. The highest BCUT2D eigenvalue weighted by Crippen LogP contribution is 2.35. The minimum atomic E-state index is -0.187. The van der Waals surface area contributed by atoms with Gasteiger partial charge in [-0.05, 0) is 36.8 Å². The van der Waals surface area contributed by atoms with Gasteiger partial charge in [0.1, 0.15) is 11.5 Å². The molecule has 0 radical (unpaired) electrons. The monoisotopic (exact) mass is 413 g/mol. The van der Waals surface area contributed by atoms with Crippen LogP contribution in [0.25, 0.3) is 11.4 Å². The standard InChI is InChI=1S/C21H20ClN3O4/c1-12-4-5-14(9-17(12)22)25-11-13(8-19(25)26)21-23-20(24-29-21)16-7-6-15(27-2)10-18(16)28-3/h4-7,9-10,13H,8,11H2,1-3H3/t13-/m0/s1. The van der Waals surface area contributed by atoms with Gasteiger partial charge >= 0.3 is 0 Å². The van der Waals surface area contributed by atoms with E-state index in [4.69, 9.17) is 25.6 Å². The number of aryl methyl sites for hydroxylation is 1. The van der Waals surface area contributed by atoms with E-state index in [9.17, 15) is 4.79 Å². The van der Waals surface area contributed by atoms with Crippen LogP contribution in [0.15, 0.2) is 40.9 Å². The number of benzene rings is 2. The summed E-state index contributed by atoms with van der Waals surface area (Å²) in [6, 6.07) is 11.0. The van der Waals surface area contributed by atoms with Gasteiger partial charge in [-0.15, -0.1) is 0 Å². The van der Waals surface area contributed by atoms with E-state index in [0.29, 0.717) is 46.8 Å². The molecule has 0 unspecified atom stereocenters. The van der Waals surface area contributed by atoms with Crippen LogP contribution in [-0.2, 0) is 4.79 Å². The Labute approximate surface area is 173 Å². The summed E-state index contributed by atoms with van der Waals surface area (Å²) >= 11 is 6.22. The Balaban J connectivity index is 1.57. The second-order valence-corrected chi connectivity index (χ2v) is 7.27. The molecule has 150 valence electrons. The average molecular weight is 414 g/mol. The van der Waals surface area contributed by atoms with Gasteiger partial charge in [0, 0.05) is 29.7 Å². The number of hydrogen-bond acceptors (Lipinski definition) is 6. The molecule has 4 rings (SSSR count). The van der Waals surface area contributed by atoms with Crippen molar-refractivity contribution in [3.8, 4) is 22.9 Å². The molecule has 0 spiro atoms. The first-order chi connectivity index (χ1) is 14.0. The summed E-state index contributed by atoms with van der Waals surface area (Å²) in [5.41, 5.74) is 2.42. The molecule has 0 N–H and O–H groups in total. The molecule has 1 atom stereocenters. The van der Waals surface area contributed by atoms with Gasteiger partial charge in [0.15, 0.2) is 0 Å². The van der Waals surface area contributed by atoms with Crippen LogP contribution in [0.1, 0.15) is 23.8 Å². The van der Waals surface area contributed by atoms with Gasteiger partial charge in [0.2, 0.25) is 17.6 Å². The van der Waals surface area contributed by atoms with Crippen LogP contribution in [0.5, 0.6) is 11.5 Å². The maximum atomic E-state index is 12.6. The zero-order valence-corrected chi connectivity index (χ0v) is 17.1. The van der Waals surface area contributed by atoms with Crippen molar-refractivity contribution in [2.24, 2.45) is 0 Å². The minimum Gasteiger partial charge on any atom is -0.497 e. The number of rotatable bonds is 5. The third-order valence-corrected chi connectivity index (χ3v) is 5.44. The predicted octanol–water partition coefficient (Wildman–Crippen LogP) is 4.24. The van der Waals surface area contributed by atoms with Crippen LogP contribution < -0.4 is 14.4 Å². The second kappa shape index (κ2) is 7.75. The molecule has 1 aromatic heterocycles. The van der Waals surface area contributed by atoms with E-state index in [1.807, 2.05) is 25.1 Å². The Morgan fingerprint density at radius 3 is 2.72 bits per heavy atom. The first-order valence-electron chi connectivity index (χ1n) is 9.12. The molecule has 1 aliphatic heterocycles. The largest absolute Gasteiger partial charge is 0.497 e. The van der Waals surface area contributed by atoms with Crippen molar-refractivity contribution in [1.82, 2.24) is 10.1 Å². The fourth-order valence-corrected chi connectivity index (χ4v) is 3.54. The Bertz CT molecular complexity index is 1070. The molecule has 29 heavy (non-hydrogen) atoms. The van der Waals surface area contributed by atoms with E-state index in [1.165, 1.54) is 0 Å². The first-order valence-corrected chi connectivity index (χ1v) is 9.50. The molecule has 1 fully saturated rings. The molecular weight excluding hydrogens is 394 g/mol. The predicted molar refractivity (Wildman–Crippen MR) is 109 cm³/mol. The van der Waals surface area contributed by atoms with Crippen molar-refractivity contribution in [1.29, 1.82) is 0 Å². The third kappa shape index (κ3) is 3.65. The highest BCUT2D eigenvalue weighted by atomic mass is 35.5. The fourth-order valence-electron chi connectivity index (χ4n) is 3.37. The maximum absolute atomic E-state index is 12.6. The van der Waals surface area contributed by atoms with Crippen LogP contribution in [0.4, 0.5) is 5.69 Å². The normalized spacial score (nSPS) is 16.3. The molecule has 1 aliphatic rings. The number of carbonyl (C=O) groups excluding carboxylic acids is 1. The fraction of sp³-hybridized carbons (Fsp3) is 0.286. The van der Waals surface area contributed by atoms with Crippen molar-refractivity contribution >= 4 is 23.2 Å². The maximum Gasteiger partial charge on any atom is 0.232 e. The van der Waals surface area contributed by atoms with Crippen LogP contribution in [0.3, 0.4) is 0 Å². The lowest BCUT2D eigenvalue weighted by molar-refractivity contribution is -0.117. The number of ether oxygens (including phenoxy) is 2. The average Bonchev–Trinajstić information content (AvgIpc) is 3.36. The molecule has 2 heterocycles. The van der Waals surface area contributed by atoms with Crippen LogP contribution in [0, 0.1) is 6.92 Å². The number of anilines is 1. The SMILES string of the molecule is COc1ccc(-c2noc([C@H]3CC(=O)N(c4ccc(C)c(Cl)c4)C3)n2)c(OC)c1. The Morgan fingerprint density at radius 1 is 1.17 bits per heavy atom. The first kappa shape index (κ1) is 19.3. The third-order valence-electron chi connectivity index (χ3n) is 5.03. The van der Waals surface area contributed by atoms with E-state index >= 15 is 0 Å². The van der Waals surface area contributed by atoms with Crippen LogP contribution >= 0.6 is 11.6 Å². The molecule has 8 heteroatoms. The van der Waals surface area contributed by atoms with Crippen molar-refractivity contribution in [3.05, 3.63) is 52.9 Å². The minimum absolute atomic E-state index is 0.00306. The Hall–Kier alpha value is -3.06. The molecule has 7 nitrogen and oxygen atoms in total. The number of hydrogen-bond donors (Lipinski definition) is 0. The van der Waals surface area contributed by atoms with E-state index < -0.39 is 0 Å². The van der Waals surface area contributed by atoms with E-state index in [0.717, 1.165) is 11.3 Å². The van der Waals surface area contributed by atoms with E-state index in [2.05, 4.69) is 10.1 Å². The van der Waals surface area contributed by atoms with Crippen molar-refractivity contribution in [3.63, 3.8) is 0 Å². The van der Waals surface area contributed by atoms with Crippen molar-refractivity contribution in [2.45, 2.75) is 19.3 Å². The van der Waals surface area contributed by atoms with Gasteiger partial charge in [0.25, 0.3) is 0 Å². The van der Waals surface area contributed by atoms with Gasteiger partial charge in [-0.3, -0.25) is 4.79 Å². The van der Waals surface area contributed by atoms with Crippen LogP contribution in [0.2, 0.25) is 5.02 Å². The molecular formula is C21H20ClN3O4. The highest BCUT2D eigenvalue weighted by Gasteiger charge is 2.35. The molecule has 0 aliphatic carbocycles. The number of halogens is 1. The lowest BCUT2D eigenvalue weighted by Crippen LogP contribution is -2.24. The Morgan fingerprint density at radius 2 is 2.00 bits per heavy atom. The zero-order chi connectivity index (χ0) is 20.5. The summed E-state index contributed by atoms with van der Waals surface area (Å²) in [5, 5.41) is 4.72. The lowest BCUT2D eigenvalue weighted by Gasteiger charge is -2.17. The summed E-state index contributed by atoms with van der Waals surface area (Å²) < 4.78 is 16.1. The zero-order valence-electron chi connectivity index (χ0n) is 16.3. The molecule has 3 aromatic rings. The number of amides is 1. The summed E-state index contributed by atoms with van der Waals surface area (Å²) in [4.78, 5) is 18.8. The van der Waals surface area contributed by atoms with Gasteiger partial charge < -0.3 is 18.9 Å². The van der Waals surface area contributed by atoms with Gasteiger partial charge in [-0.25, -0.2) is 0 Å². The summed E-state index contributed by atoms with van der Waals surface area (Å²) in [6.45, 7) is 2.38. The lowest BCUT2D eigenvalue weighted by atomic mass is 10.1. The number of methoxy groups -OCH3 is 2. The number of carbonyl (C=O) groups is 1. The quantitative estimate of drug-likeness (QED) is 0.622. The van der Waals surface area contributed by atoms with Crippen molar-refractivity contribution < 1.29 is 18.8 Å². The smallest absolute Gasteiger partial charge is 0.232 e. The highest BCUT2D eigenvalue weighted by molar-refractivity contribution is 6.31. The topological polar surface area (TPSA) is 77.7 Å². The van der Waals surface area contributed by atoms with Crippen molar-refractivity contribution in [2.75, 3.05) is 25.7 Å². The van der Waals surface area contributed by atoms with E-state index in [-0.39, 0.29) is 11.8 Å². The Kier molecular flexibility index (Phi) is 5.15. The molecule has 1 saturated heterocycles. The van der Waals surface area contributed by atoms with Crippen LogP contribution in [-0.4, -0.2) is 36.8 Å². The summed E-state index contributed by atoms with van der Waals surface area (Å²) in [7, 11) is 3.16. The molecule has 0 saturated carbocycles. The second-order valence-electron chi connectivity index (χ2n) is 6.86. The number of nitrogens with zero attached hydrogens (tertiary/aromatic N) is 3. The summed E-state index contributed by atoms with van der Waals surface area (Å²) in [6.07, 6.45) is 0.298. The molecule has 1 amide bonds. The molecule has 0 bridgehead atoms. The van der Waals surface area contributed by atoms with Gasteiger partial charge in [-0.2, -0.15) is 4.98 Å².